The molecule has 0 bridgehead atoms. The fourth-order valence-electron chi connectivity index (χ4n) is 6.24. The molecule has 0 heterocycles. The zero-order chi connectivity index (χ0) is 37.9. The van der Waals surface area contributed by atoms with Gasteiger partial charge in [-0.15, -0.1) is 0 Å². The number of hydrogen-bond acceptors (Lipinski definition) is 9. The molecule has 0 radical (unpaired) electrons. The SMILES string of the molecule is CCCCC[C@H](O)/C=C/[C@H]1[C@H](O)CC(=O)[C@@H]1C/C=C\CCCC(=O)O[C@H](COC(=O)CCCCCCCCCCCCC(C)C)COP(=O)(O)O. The highest BCUT2D eigenvalue weighted by Crippen LogP contribution is 2.36. The zero-order valence-corrected chi connectivity index (χ0v) is 32.5. The van der Waals surface area contributed by atoms with Crippen LogP contribution in [-0.2, 0) is 32.9 Å². The van der Waals surface area contributed by atoms with Gasteiger partial charge in [0.2, 0.25) is 0 Å². The number of unbranched alkanes of at least 4 members (excludes halogenated alkanes) is 12. The van der Waals surface area contributed by atoms with E-state index in [0.29, 0.717) is 32.1 Å². The first-order valence-corrected chi connectivity index (χ1v) is 21.1. The van der Waals surface area contributed by atoms with Crippen molar-refractivity contribution in [3.8, 4) is 0 Å². The fraction of sp³-hybridized carbons (Fsp3) is 0.821. The zero-order valence-electron chi connectivity index (χ0n) is 31.6. The van der Waals surface area contributed by atoms with E-state index in [1.165, 1.54) is 44.9 Å². The third kappa shape index (κ3) is 25.7. The minimum absolute atomic E-state index is 0.0148. The summed E-state index contributed by atoms with van der Waals surface area (Å²) < 4.78 is 26.3. The van der Waals surface area contributed by atoms with Crippen LogP contribution in [-0.4, -0.2) is 69.2 Å². The molecule has 1 fully saturated rings. The molecule has 0 unspecified atom stereocenters. The van der Waals surface area contributed by atoms with Crippen LogP contribution >= 0.6 is 7.82 Å². The quantitative estimate of drug-likeness (QED) is 0.0234. The van der Waals surface area contributed by atoms with Crippen LogP contribution in [0.5, 0.6) is 0 Å². The van der Waals surface area contributed by atoms with Gasteiger partial charge in [0.15, 0.2) is 6.10 Å². The predicted octanol–water partition coefficient (Wildman–Crippen LogP) is 8.07. The Kier molecular flexibility index (Phi) is 26.4. The van der Waals surface area contributed by atoms with Crippen molar-refractivity contribution in [2.45, 2.75) is 174 Å². The Hall–Kier alpha value is -1.88. The lowest BCUT2D eigenvalue weighted by molar-refractivity contribution is -0.161. The standard InChI is InChI=1S/C39H69O11P/c1-4-5-16-22-32(40)26-27-35-34(36(41)28-37(35)42)23-18-14-15-20-25-39(44)50-33(30-49-51(45,46)47)29-48-38(43)24-19-13-11-9-7-6-8-10-12-17-21-31(2)3/h14,18,26-27,31-35,37,40,42H,4-13,15-17,19-25,28-30H2,1-3H3,(H2,45,46,47)/b18-14-,27-26+/t32-,33+,34+,35+,37+/m0/s1. The van der Waals surface area contributed by atoms with Crippen LogP contribution in [0, 0.1) is 17.8 Å². The van der Waals surface area contributed by atoms with E-state index in [2.05, 4.69) is 25.3 Å². The highest BCUT2D eigenvalue weighted by molar-refractivity contribution is 7.46. The monoisotopic (exact) mass is 744 g/mol. The molecule has 0 aliphatic heterocycles. The van der Waals surface area contributed by atoms with E-state index in [4.69, 9.17) is 19.3 Å². The van der Waals surface area contributed by atoms with Crippen molar-refractivity contribution in [1.82, 2.24) is 0 Å². The van der Waals surface area contributed by atoms with E-state index in [1.54, 1.807) is 12.2 Å². The lowest BCUT2D eigenvalue weighted by Gasteiger charge is -2.18. The molecule has 0 saturated heterocycles. The van der Waals surface area contributed by atoms with Crippen LogP contribution in [0.25, 0.3) is 0 Å². The number of Topliss-reactive ketones (excluding diaryl/α,β-unsaturated/α-hetero) is 1. The van der Waals surface area contributed by atoms with Crippen LogP contribution in [0.1, 0.15) is 156 Å². The Morgan fingerprint density at radius 1 is 0.843 bits per heavy atom. The molecule has 1 saturated carbocycles. The molecule has 12 heteroatoms. The molecule has 0 aromatic rings. The number of carbonyl (C=O) groups excluding carboxylic acids is 3. The second kappa shape index (κ2) is 28.6. The molecule has 11 nitrogen and oxygen atoms in total. The molecule has 0 amide bonds. The highest BCUT2D eigenvalue weighted by atomic mass is 31.2. The number of allylic oxidation sites excluding steroid dienone is 2. The Bertz CT molecular complexity index is 1050. The smallest absolute Gasteiger partial charge is 0.462 e. The molecule has 296 valence electrons. The molecule has 0 spiro atoms. The van der Waals surface area contributed by atoms with Crippen molar-refractivity contribution in [2.75, 3.05) is 13.2 Å². The third-order valence-electron chi connectivity index (χ3n) is 9.27. The van der Waals surface area contributed by atoms with Gasteiger partial charge in [0.25, 0.3) is 0 Å². The van der Waals surface area contributed by atoms with Crippen LogP contribution < -0.4 is 0 Å². The molecule has 1 aliphatic carbocycles. The number of rotatable bonds is 31. The molecule has 0 aromatic carbocycles. The van der Waals surface area contributed by atoms with Gasteiger partial charge >= 0.3 is 19.8 Å². The summed E-state index contributed by atoms with van der Waals surface area (Å²) in [6, 6.07) is 0. The Morgan fingerprint density at radius 2 is 1.45 bits per heavy atom. The largest absolute Gasteiger partial charge is 0.469 e. The van der Waals surface area contributed by atoms with E-state index >= 15 is 0 Å². The summed E-state index contributed by atoms with van der Waals surface area (Å²) >= 11 is 0. The van der Waals surface area contributed by atoms with Crippen molar-refractivity contribution < 1.29 is 52.9 Å². The maximum Gasteiger partial charge on any atom is 0.469 e. The van der Waals surface area contributed by atoms with Gasteiger partial charge in [-0.2, -0.15) is 0 Å². The lowest BCUT2D eigenvalue weighted by Crippen LogP contribution is -2.29. The first-order chi connectivity index (χ1) is 24.3. The van der Waals surface area contributed by atoms with Gasteiger partial charge < -0.3 is 29.5 Å². The summed E-state index contributed by atoms with van der Waals surface area (Å²) in [5.74, 6) is -1.04. The van der Waals surface area contributed by atoms with Gasteiger partial charge in [0.1, 0.15) is 12.4 Å². The summed E-state index contributed by atoms with van der Waals surface area (Å²) in [6.07, 6.45) is 22.8. The molecular formula is C39H69O11P. The minimum atomic E-state index is -4.82. The van der Waals surface area contributed by atoms with Crippen LogP contribution in [0.2, 0.25) is 0 Å². The molecule has 4 N–H and O–H groups in total. The van der Waals surface area contributed by atoms with Crippen LogP contribution in [0.15, 0.2) is 24.3 Å². The van der Waals surface area contributed by atoms with Crippen molar-refractivity contribution in [2.24, 2.45) is 17.8 Å². The number of hydrogen-bond donors (Lipinski definition) is 4. The van der Waals surface area contributed by atoms with Gasteiger partial charge in [0.05, 0.1) is 18.8 Å². The van der Waals surface area contributed by atoms with E-state index in [1.807, 2.05) is 12.2 Å². The summed E-state index contributed by atoms with van der Waals surface area (Å²) in [5, 5.41) is 20.6. The minimum Gasteiger partial charge on any atom is -0.462 e. The van der Waals surface area contributed by atoms with Crippen molar-refractivity contribution in [3.63, 3.8) is 0 Å². The van der Waals surface area contributed by atoms with Crippen molar-refractivity contribution in [1.29, 1.82) is 0 Å². The predicted molar refractivity (Wildman–Crippen MR) is 199 cm³/mol. The molecule has 1 aliphatic rings. The number of ether oxygens (including phenoxy) is 2. The summed E-state index contributed by atoms with van der Waals surface area (Å²) in [7, 11) is -4.82. The van der Waals surface area contributed by atoms with Gasteiger partial charge in [-0.05, 0) is 38.0 Å². The second-order valence-electron chi connectivity index (χ2n) is 14.5. The highest BCUT2D eigenvalue weighted by Gasteiger charge is 2.39. The van der Waals surface area contributed by atoms with E-state index < -0.39 is 44.7 Å². The van der Waals surface area contributed by atoms with Crippen molar-refractivity contribution in [3.05, 3.63) is 24.3 Å². The van der Waals surface area contributed by atoms with Crippen molar-refractivity contribution >= 4 is 25.5 Å². The lowest BCUT2D eigenvalue weighted by atomic mass is 9.90. The first-order valence-electron chi connectivity index (χ1n) is 19.6. The third-order valence-corrected chi connectivity index (χ3v) is 9.75. The Balaban J connectivity index is 2.34. The van der Waals surface area contributed by atoms with Crippen LogP contribution in [0.3, 0.4) is 0 Å². The number of aliphatic hydroxyl groups is 2. The van der Waals surface area contributed by atoms with E-state index in [-0.39, 0.29) is 43.5 Å². The maximum atomic E-state index is 12.5. The van der Waals surface area contributed by atoms with Gasteiger partial charge in [0, 0.05) is 31.1 Å². The Morgan fingerprint density at radius 3 is 2.08 bits per heavy atom. The Labute approximate surface area is 307 Å². The normalized spacial score (nSPS) is 19.4. The van der Waals surface area contributed by atoms with Crippen LogP contribution in [0.4, 0.5) is 0 Å². The number of esters is 2. The number of aliphatic hydroxyl groups excluding tert-OH is 2. The number of phosphoric acid groups is 1. The average molecular weight is 745 g/mol. The molecule has 1 rings (SSSR count). The molecule has 0 aromatic heterocycles. The molecule has 51 heavy (non-hydrogen) atoms. The topological polar surface area (TPSA) is 177 Å². The number of phosphoric ester groups is 1. The fourth-order valence-corrected chi connectivity index (χ4v) is 6.60. The maximum absolute atomic E-state index is 12.5. The molecular weight excluding hydrogens is 675 g/mol. The summed E-state index contributed by atoms with van der Waals surface area (Å²) in [6.45, 7) is 5.64. The van der Waals surface area contributed by atoms with E-state index in [9.17, 15) is 29.2 Å². The number of ketones is 1. The average Bonchev–Trinajstić information content (AvgIpc) is 3.33. The second-order valence-corrected chi connectivity index (χ2v) is 15.8. The number of carbonyl (C=O) groups is 3. The first kappa shape index (κ1) is 47.1. The molecule has 5 atom stereocenters. The summed E-state index contributed by atoms with van der Waals surface area (Å²) in [4.78, 5) is 55.4. The van der Waals surface area contributed by atoms with Gasteiger partial charge in [-0.3, -0.25) is 18.9 Å². The van der Waals surface area contributed by atoms with Gasteiger partial charge in [-0.25, -0.2) is 4.57 Å². The van der Waals surface area contributed by atoms with E-state index in [0.717, 1.165) is 44.4 Å². The summed E-state index contributed by atoms with van der Waals surface area (Å²) in [5.41, 5.74) is 0. The van der Waals surface area contributed by atoms with Gasteiger partial charge in [-0.1, -0.05) is 129 Å².